The van der Waals surface area contributed by atoms with Gasteiger partial charge in [-0.2, -0.15) is 13.5 Å². The van der Waals surface area contributed by atoms with E-state index in [1.807, 2.05) is 20.8 Å². The normalized spacial score (nSPS) is 14.3. The molecule has 1 heterocycles. The molecule has 0 radical (unpaired) electrons. The van der Waals surface area contributed by atoms with Gasteiger partial charge in [0.05, 0.1) is 19.9 Å². The highest BCUT2D eigenvalue weighted by Gasteiger charge is 2.32. The zero-order valence-electron chi connectivity index (χ0n) is 20.2. The van der Waals surface area contributed by atoms with Crippen LogP contribution < -0.4 is 14.8 Å². The zero-order valence-corrected chi connectivity index (χ0v) is 21.0. The van der Waals surface area contributed by atoms with Crippen LogP contribution in [0.4, 0.5) is 0 Å². The van der Waals surface area contributed by atoms with Crippen molar-refractivity contribution in [2.75, 3.05) is 13.7 Å². The molecule has 0 spiro atoms. The number of hydrogen-bond donors (Lipinski definition) is 1. The van der Waals surface area contributed by atoms with Crippen molar-refractivity contribution in [2.45, 2.75) is 44.6 Å². The van der Waals surface area contributed by atoms with E-state index in [9.17, 15) is 18.0 Å². The largest absolute Gasteiger partial charge is 0.493 e. The quantitative estimate of drug-likeness (QED) is 0.268. The Kier molecular flexibility index (Phi) is 7.59. The number of nitrogens with one attached hydrogen (secondary N) is 1. The molecule has 10 nitrogen and oxygen atoms in total. The molecule has 0 fully saturated rings. The summed E-state index contributed by atoms with van der Waals surface area (Å²) in [4.78, 5) is 23.9. The monoisotopic (exact) mass is 500 g/mol. The second-order valence-electron chi connectivity index (χ2n) is 8.81. The minimum atomic E-state index is -3.88. The Labute approximate surface area is 204 Å². The zero-order chi connectivity index (χ0) is 25.8. The maximum atomic E-state index is 12.6. The molecule has 0 unspecified atom stereocenters. The molecular formula is C24H28N4O6S. The summed E-state index contributed by atoms with van der Waals surface area (Å²) in [6.45, 7) is 6.97. The van der Waals surface area contributed by atoms with E-state index in [4.69, 9.17) is 9.47 Å². The third kappa shape index (κ3) is 6.66. The van der Waals surface area contributed by atoms with Crippen LogP contribution in [0.1, 0.15) is 45.2 Å². The fourth-order valence-corrected chi connectivity index (χ4v) is 4.53. The maximum Gasteiger partial charge on any atom is 0.308 e. The second-order valence-corrected chi connectivity index (χ2v) is 10.4. The minimum absolute atomic E-state index is 0.0527. The van der Waals surface area contributed by atoms with E-state index >= 15 is 0 Å². The Morgan fingerprint density at radius 2 is 1.86 bits per heavy atom. The van der Waals surface area contributed by atoms with Crippen molar-refractivity contribution in [3.05, 3.63) is 53.6 Å². The molecule has 3 rings (SSSR count). The molecular weight excluding hydrogens is 472 g/mol. The molecule has 2 aromatic rings. The van der Waals surface area contributed by atoms with Crippen LogP contribution in [-0.4, -0.2) is 56.5 Å². The number of ether oxygens (including phenoxy) is 2. The number of amidine groups is 1. The van der Waals surface area contributed by atoms with E-state index in [1.54, 1.807) is 36.4 Å². The van der Waals surface area contributed by atoms with Gasteiger partial charge in [0.25, 0.3) is 10.0 Å². The standard InChI is InChI=1S/C24H28N4O6S/c1-16(29)34-20-14-17(10-11-19(20)33-5)15-25-28(13-12-22(30)26-24(2,3)4)23-18-8-6-7-9-21(18)35(31,32)27-23/h6-11,14-15H,12-13H2,1-5H3,(H,26,30). The molecule has 0 aliphatic carbocycles. The fourth-order valence-electron chi connectivity index (χ4n) is 3.33. The van der Waals surface area contributed by atoms with Gasteiger partial charge in [-0.15, -0.1) is 4.40 Å². The van der Waals surface area contributed by atoms with Crippen molar-refractivity contribution < 1.29 is 27.5 Å². The van der Waals surface area contributed by atoms with E-state index in [-0.39, 0.29) is 35.4 Å². The predicted octanol–water partition coefficient (Wildman–Crippen LogP) is 2.71. The van der Waals surface area contributed by atoms with E-state index in [1.165, 1.54) is 31.3 Å². The Morgan fingerprint density at radius 3 is 2.51 bits per heavy atom. The van der Waals surface area contributed by atoms with Gasteiger partial charge in [0.1, 0.15) is 4.90 Å². The van der Waals surface area contributed by atoms with Gasteiger partial charge in [-0.25, -0.2) is 5.01 Å². The third-order valence-electron chi connectivity index (χ3n) is 4.71. The molecule has 0 atom stereocenters. The molecule has 1 aliphatic heterocycles. The molecule has 1 aliphatic rings. The number of sulfonamides is 1. The summed E-state index contributed by atoms with van der Waals surface area (Å²) in [5.74, 6) is -0.0198. The Bertz CT molecular complexity index is 1300. The van der Waals surface area contributed by atoms with Crippen molar-refractivity contribution in [1.29, 1.82) is 0 Å². The smallest absolute Gasteiger partial charge is 0.308 e. The molecule has 1 amide bonds. The summed E-state index contributed by atoms with van der Waals surface area (Å²) in [7, 11) is -2.43. The van der Waals surface area contributed by atoms with Gasteiger partial charge in [-0.05, 0) is 56.7 Å². The summed E-state index contributed by atoms with van der Waals surface area (Å²) >= 11 is 0. The van der Waals surface area contributed by atoms with Gasteiger partial charge in [-0.3, -0.25) is 9.59 Å². The highest BCUT2D eigenvalue weighted by molar-refractivity contribution is 7.90. The molecule has 0 aromatic heterocycles. The van der Waals surface area contributed by atoms with Gasteiger partial charge in [-0.1, -0.05) is 12.1 Å². The van der Waals surface area contributed by atoms with Crippen LogP contribution in [0.15, 0.2) is 56.9 Å². The lowest BCUT2D eigenvalue weighted by atomic mass is 10.1. The number of benzene rings is 2. The van der Waals surface area contributed by atoms with Crippen LogP contribution in [0.3, 0.4) is 0 Å². The Balaban J connectivity index is 1.95. The second kappa shape index (κ2) is 10.3. The predicted molar refractivity (Wildman–Crippen MR) is 131 cm³/mol. The Hall–Kier alpha value is -3.73. The number of nitrogens with zero attached hydrogens (tertiary/aromatic N) is 3. The minimum Gasteiger partial charge on any atom is -0.493 e. The summed E-state index contributed by atoms with van der Waals surface area (Å²) in [6.07, 6.45) is 1.52. The van der Waals surface area contributed by atoms with Gasteiger partial charge in [0.2, 0.25) is 5.91 Å². The van der Waals surface area contributed by atoms with Crippen LogP contribution >= 0.6 is 0 Å². The molecule has 2 aromatic carbocycles. The molecule has 1 N–H and O–H groups in total. The topological polar surface area (TPSA) is 127 Å². The van der Waals surface area contributed by atoms with E-state index in [0.717, 1.165) is 0 Å². The number of methoxy groups -OCH3 is 1. The molecule has 0 bridgehead atoms. The number of carbonyl (C=O) groups is 2. The lowest BCUT2D eigenvalue weighted by Crippen LogP contribution is -2.42. The van der Waals surface area contributed by atoms with Crippen LogP contribution in [-0.2, 0) is 19.6 Å². The van der Waals surface area contributed by atoms with Gasteiger partial charge >= 0.3 is 5.97 Å². The molecule has 0 saturated carbocycles. The first-order valence-corrected chi connectivity index (χ1v) is 12.3. The lowest BCUT2D eigenvalue weighted by molar-refractivity contribution is -0.132. The van der Waals surface area contributed by atoms with Crippen LogP contribution in [0.5, 0.6) is 11.5 Å². The highest BCUT2D eigenvalue weighted by Crippen LogP contribution is 2.29. The first-order chi connectivity index (χ1) is 16.4. The average molecular weight is 501 g/mol. The number of amides is 1. The maximum absolute atomic E-state index is 12.6. The van der Waals surface area contributed by atoms with Gasteiger partial charge in [0, 0.05) is 24.4 Å². The van der Waals surface area contributed by atoms with E-state index in [0.29, 0.717) is 16.9 Å². The molecule has 35 heavy (non-hydrogen) atoms. The molecule has 11 heteroatoms. The summed E-state index contributed by atoms with van der Waals surface area (Å²) in [5.41, 5.74) is 0.541. The van der Waals surface area contributed by atoms with Crippen molar-refractivity contribution in [3.63, 3.8) is 0 Å². The van der Waals surface area contributed by atoms with E-state index < -0.39 is 21.5 Å². The number of hydrazone groups is 1. The van der Waals surface area contributed by atoms with Crippen LogP contribution in [0, 0.1) is 0 Å². The first-order valence-electron chi connectivity index (χ1n) is 10.8. The number of esters is 1. The van der Waals surface area contributed by atoms with Crippen molar-refractivity contribution in [1.82, 2.24) is 10.3 Å². The number of carbonyl (C=O) groups excluding carboxylic acids is 2. The van der Waals surface area contributed by atoms with Crippen molar-refractivity contribution in [3.8, 4) is 11.5 Å². The van der Waals surface area contributed by atoms with Crippen molar-refractivity contribution >= 4 is 33.9 Å². The number of hydrogen-bond acceptors (Lipinski definition) is 8. The van der Waals surface area contributed by atoms with Gasteiger partial charge in [0.15, 0.2) is 17.3 Å². The van der Waals surface area contributed by atoms with Crippen LogP contribution in [0.25, 0.3) is 0 Å². The molecule has 0 saturated heterocycles. The SMILES string of the molecule is COc1ccc(C=NN(CCC(=O)NC(C)(C)C)C2=NS(=O)(=O)c3ccccc32)cc1OC(C)=O. The Morgan fingerprint density at radius 1 is 1.14 bits per heavy atom. The fraction of sp³-hybridized carbons (Fsp3) is 0.333. The van der Waals surface area contributed by atoms with Crippen LogP contribution in [0.2, 0.25) is 0 Å². The molecule has 186 valence electrons. The number of rotatable bonds is 7. The highest BCUT2D eigenvalue weighted by atomic mass is 32.2. The van der Waals surface area contributed by atoms with E-state index in [2.05, 4.69) is 14.8 Å². The summed E-state index contributed by atoms with van der Waals surface area (Å²) in [6, 6.07) is 11.3. The number of fused-ring (bicyclic) bond motifs is 1. The van der Waals surface area contributed by atoms with Gasteiger partial charge < -0.3 is 14.8 Å². The third-order valence-corrected chi connectivity index (χ3v) is 6.03. The average Bonchev–Trinajstić information content (AvgIpc) is 3.03. The lowest BCUT2D eigenvalue weighted by Gasteiger charge is -2.22. The summed E-state index contributed by atoms with van der Waals surface area (Å²) < 4.78 is 39.5. The van der Waals surface area contributed by atoms with Crippen molar-refractivity contribution in [2.24, 2.45) is 9.50 Å². The summed E-state index contributed by atoms with van der Waals surface area (Å²) in [5, 5.41) is 8.69. The first kappa shape index (κ1) is 25.9.